The highest BCUT2D eigenvalue weighted by atomic mass is 16.1. The lowest BCUT2D eigenvalue weighted by atomic mass is 10.1. The second kappa shape index (κ2) is 7.40. The number of benzene rings is 1. The van der Waals surface area contributed by atoms with Crippen molar-refractivity contribution in [2.45, 2.75) is 45.2 Å². The molecule has 1 unspecified atom stereocenters. The Labute approximate surface area is 174 Å². The van der Waals surface area contributed by atoms with Crippen LogP contribution in [0, 0.1) is 6.92 Å². The number of nitrogens with zero attached hydrogens (tertiary/aromatic N) is 5. The van der Waals surface area contributed by atoms with Gasteiger partial charge in [0, 0.05) is 30.0 Å². The lowest BCUT2D eigenvalue weighted by molar-refractivity contribution is 0.0937. The zero-order valence-corrected chi connectivity index (χ0v) is 17.1. The second-order valence-electron chi connectivity index (χ2n) is 8.00. The van der Waals surface area contributed by atoms with E-state index in [4.69, 9.17) is 10.1 Å². The Hall–Kier alpha value is -3.48. The average Bonchev–Trinajstić information content (AvgIpc) is 3.38. The third-order valence-corrected chi connectivity index (χ3v) is 5.47. The van der Waals surface area contributed by atoms with Crippen LogP contribution < -0.4 is 5.32 Å². The van der Waals surface area contributed by atoms with Gasteiger partial charge >= 0.3 is 0 Å². The number of para-hydroxylation sites is 1. The fraction of sp³-hybridized carbons (Fsp3) is 0.304. The Balaban J connectivity index is 1.55. The smallest absolute Gasteiger partial charge is 0.252 e. The van der Waals surface area contributed by atoms with E-state index in [0.29, 0.717) is 18.0 Å². The third kappa shape index (κ3) is 3.47. The average molecular weight is 400 g/mol. The normalized spacial score (nSPS) is 14.7. The fourth-order valence-corrected chi connectivity index (χ4v) is 3.86. The molecule has 1 amide bonds. The van der Waals surface area contributed by atoms with Gasteiger partial charge in [0.25, 0.3) is 5.91 Å². The van der Waals surface area contributed by atoms with E-state index in [1.807, 2.05) is 71.9 Å². The molecule has 0 radical (unpaired) electrons. The lowest BCUT2D eigenvalue weighted by Crippen LogP contribution is -2.36. The number of hydrogen-bond acceptors (Lipinski definition) is 4. The predicted octanol–water partition coefficient (Wildman–Crippen LogP) is 3.62. The molecule has 0 bridgehead atoms. The van der Waals surface area contributed by atoms with Gasteiger partial charge in [-0.25, -0.2) is 9.67 Å². The molecule has 1 aliphatic rings. The molecule has 3 heterocycles. The molecule has 1 N–H and O–H groups in total. The summed E-state index contributed by atoms with van der Waals surface area (Å²) in [6, 6.07) is 13.7. The van der Waals surface area contributed by atoms with Crippen LogP contribution in [0.15, 0.2) is 54.9 Å². The molecule has 3 aromatic heterocycles. The number of amides is 1. The van der Waals surface area contributed by atoms with Gasteiger partial charge in [-0.05, 0) is 51.0 Å². The fourth-order valence-electron chi connectivity index (χ4n) is 3.86. The first-order chi connectivity index (χ1) is 14.6. The molecule has 30 heavy (non-hydrogen) atoms. The van der Waals surface area contributed by atoms with E-state index < -0.39 is 0 Å². The van der Waals surface area contributed by atoms with Gasteiger partial charge in [0.2, 0.25) is 0 Å². The largest absolute Gasteiger partial charge is 0.348 e. The summed E-state index contributed by atoms with van der Waals surface area (Å²) in [4.78, 5) is 18.2. The number of aromatic nitrogens is 5. The molecule has 1 atom stereocenters. The minimum absolute atomic E-state index is 0.0607. The minimum atomic E-state index is -0.0975. The highest BCUT2D eigenvalue weighted by Crippen LogP contribution is 2.40. The maximum Gasteiger partial charge on any atom is 0.252 e. The minimum Gasteiger partial charge on any atom is -0.348 e. The van der Waals surface area contributed by atoms with Crippen LogP contribution in [0.5, 0.6) is 0 Å². The summed E-state index contributed by atoms with van der Waals surface area (Å²) in [5.41, 5.74) is 4.11. The Morgan fingerprint density at radius 1 is 1.23 bits per heavy atom. The van der Waals surface area contributed by atoms with Crippen molar-refractivity contribution in [1.29, 1.82) is 0 Å². The van der Waals surface area contributed by atoms with E-state index in [1.54, 1.807) is 6.20 Å². The molecule has 0 aliphatic heterocycles. The van der Waals surface area contributed by atoms with Gasteiger partial charge in [-0.15, -0.1) is 0 Å². The Bertz CT molecular complexity index is 1190. The molecule has 0 saturated heterocycles. The van der Waals surface area contributed by atoms with Crippen LogP contribution in [0.25, 0.3) is 16.7 Å². The van der Waals surface area contributed by atoms with Crippen LogP contribution in [0.1, 0.15) is 47.4 Å². The first-order valence-corrected chi connectivity index (χ1v) is 10.3. The number of carbonyl (C=O) groups is 1. The number of aryl methyl sites for hydroxylation is 1. The second-order valence-corrected chi connectivity index (χ2v) is 8.00. The highest BCUT2D eigenvalue weighted by Gasteiger charge is 2.29. The number of nitrogens with one attached hydrogen (secondary N) is 1. The van der Waals surface area contributed by atoms with Crippen molar-refractivity contribution in [3.63, 3.8) is 0 Å². The highest BCUT2D eigenvalue weighted by molar-refractivity contribution is 6.07. The zero-order valence-electron chi connectivity index (χ0n) is 17.1. The molecule has 5 rings (SSSR count). The SMILES string of the molecule is Cc1nn(-c2ccccc2)c2nc(C3CC3)cc(C(=O)NC(C)Cn3cccn3)c12. The molecule has 1 aliphatic carbocycles. The lowest BCUT2D eigenvalue weighted by Gasteiger charge is -2.15. The van der Waals surface area contributed by atoms with Crippen LogP contribution in [0.4, 0.5) is 0 Å². The summed E-state index contributed by atoms with van der Waals surface area (Å²) in [6.07, 6.45) is 5.87. The van der Waals surface area contributed by atoms with Crippen LogP contribution in [0.3, 0.4) is 0 Å². The Morgan fingerprint density at radius 3 is 2.73 bits per heavy atom. The van der Waals surface area contributed by atoms with Crippen molar-refractivity contribution in [3.05, 3.63) is 71.8 Å². The maximum absolute atomic E-state index is 13.3. The van der Waals surface area contributed by atoms with Crippen molar-refractivity contribution in [2.24, 2.45) is 0 Å². The zero-order chi connectivity index (χ0) is 20.7. The molecule has 7 heteroatoms. The summed E-state index contributed by atoms with van der Waals surface area (Å²) in [5, 5.41) is 12.9. The van der Waals surface area contributed by atoms with Crippen LogP contribution in [0.2, 0.25) is 0 Å². The molecule has 1 aromatic carbocycles. The van der Waals surface area contributed by atoms with Gasteiger partial charge in [-0.1, -0.05) is 18.2 Å². The third-order valence-electron chi connectivity index (χ3n) is 5.47. The van der Waals surface area contributed by atoms with Gasteiger partial charge in [-0.3, -0.25) is 9.48 Å². The summed E-state index contributed by atoms with van der Waals surface area (Å²) in [7, 11) is 0. The van der Waals surface area contributed by atoms with Crippen LogP contribution in [-0.2, 0) is 6.54 Å². The van der Waals surface area contributed by atoms with E-state index in [9.17, 15) is 4.79 Å². The van der Waals surface area contributed by atoms with E-state index >= 15 is 0 Å². The number of hydrogen-bond donors (Lipinski definition) is 1. The monoisotopic (exact) mass is 400 g/mol. The molecule has 0 spiro atoms. The quantitative estimate of drug-likeness (QED) is 0.536. The van der Waals surface area contributed by atoms with E-state index in [2.05, 4.69) is 10.4 Å². The van der Waals surface area contributed by atoms with Gasteiger partial charge in [0.1, 0.15) is 0 Å². The van der Waals surface area contributed by atoms with Crippen LogP contribution in [-0.4, -0.2) is 36.5 Å². The molecule has 7 nitrogen and oxygen atoms in total. The number of carbonyl (C=O) groups excluding carboxylic acids is 1. The number of fused-ring (bicyclic) bond motifs is 1. The maximum atomic E-state index is 13.3. The van der Waals surface area contributed by atoms with Gasteiger partial charge in [0.15, 0.2) is 5.65 Å². The summed E-state index contributed by atoms with van der Waals surface area (Å²) < 4.78 is 3.67. The summed E-state index contributed by atoms with van der Waals surface area (Å²) in [5.74, 6) is 0.335. The van der Waals surface area contributed by atoms with Crippen molar-refractivity contribution >= 4 is 16.9 Å². The van der Waals surface area contributed by atoms with Crippen molar-refractivity contribution < 1.29 is 4.79 Å². The standard InChI is InChI=1S/C23H24N6O/c1-15(14-28-12-6-11-24-28)25-23(30)19-13-20(17-9-10-17)26-22-21(19)16(2)27-29(22)18-7-4-3-5-8-18/h3-8,11-13,15,17H,9-10,14H2,1-2H3,(H,25,30). The van der Waals surface area contributed by atoms with Gasteiger partial charge < -0.3 is 5.32 Å². The summed E-state index contributed by atoms with van der Waals surface area (Å²) >= 11 is 0. The molecule has 152 valence electrons. The predicted molar refractivity (Wildman–Crippen MR) is 115 cm³/mol. The van der Waals surface area contributed by atoms with E-state index in [0.717, 1.165) is 41.0 Å². The molecule has 1 saturated carbocycles. The van der Waals surface area contributed by atoms with Crippen molar-refractivity contribution in [3.8, 4) is 5.69 Å². The van der Waals surface area contributed by atoms with E-state index in [-0.39, 0.29) is 11.9 Å². The molecular weight excluding hydrogens is 376 g/mol. The van der Waals surface area contributed by atoms with Crippen LogP contribution >= 0.6 is 0 Å². The summed E-state index contributed by atoms with van der Waals surface area (Å²) in [6.45, 7) is 4.54. The van der Waals surface area contributed by atoms with Crippen molar-refractivity contribution in [2.75, 3.05) is 0 Å². The Morgan fingerprint density at radius 2 is 2.03 bits per heavy atom. The first kappa shape index (κ1) is 18.5. The van der Waals surface area contributed by atoms with Gasteiger partial charge in [-0.2, -0.15) is 10.2 Å². The first-order valence-electron chi connectivity index (χ1n) is 10.3. The molecular formula is C23H24N6O. The Kier molecular flexibility index (Phi) is 4.58. The number of rotatable bonds is 6. The number of pyridine rings is 1. The molecule has 1 fully saturated rings. The van der Waals surface area contributed by atoms with E-state index in [1.165, 1.54) is 0 Å². The molecule has 4 aromatic rings. The topological polar surface area (TPSA) is 77.6 Å². The van der Waals surface area contributed by atoms with Crippen molar-refractivity contribution in [1.82, 2.24) is 29.9 Å². The van der Waals surface area contributed by atoms with Gasteiger partial charge in [0.05, 0.1) is 28.9 Å².